The molecule has 1 aliphatic carbocycles. The average molecular weight is 222 g/mol. The maximum absolute atomic E-state index is 11.0. The van der Waals surface area contributed by atoms with Crippen LogP contribution in [0.3, 0.4) is 0 Å². The summed E-state index contributed by atoms with van der Waals surface area (Å²) in [6.07, 6.45) is 3.00. The number of nitriles is 1. The Morgan fingerprint density at radius 3 is 3.07 bits per heavy atom. The number of nitrogens with zero attached hydrogens (tertiary/aromatic N) is 1. The minimum Gasteiger partial charge on any atom is -0.387 e. The Morgan fingerprint density at radius 1 is 1.60 bits per heavy atom. The van der Waals surface area contributed by atoms with Gasteiger partial charge in [0.25, 0.3) is 5.91 Å². The average Bonchev–Trinajstić information content (AvgIpc) is 2.77. The molecule has 2 rings (SSSR count). The van der Waals surface area contributed by atoms with Crippen molar-refractivity contribution in [1.82, 2.24) is 0 Å². The Bertz CT molecular complexity index is 445. The molecule has 0 spiro atoms. The summed E-state index contributed by atoms with van der Waals surface area (Å²) in [5, 5.41) is 20.7. The molecule has 0 saturated heterocycles. The van der Waals surface area contributed by atoms with Gasteiger partial charge in [0.15, 0.2) is 0 Å². The van der Waals surface area contributed by atoms with E-state index >= 15 is 0 Å². The predicted molar refractivity (Wildman–Crippen MR) is 56.8 cm³/mol. The van der Waals surface area contributed by atoms with Gasteiger partial charge < -0.3 is 10.4 Å². The fourth-order valence-electron chi connectivity index (χ4n) is 1.78. The molecule has 0 aromatic carbocycles. The molecule has 15 heavy (non-hydrogen) atoms. The van der Waals surface area contributed by atoms with Crippen LogP contribution in [-0.4, -0.2) is 17.6 Å². The smallest absolute Gasteiger partial charge is 0.250 e. The molecule has 2 N–H and O–H groups in total. The first-order valence-corrected chi connectivity index (χ1v) is 5.53. The fraction of sp³-hybridized carbons (Fsp3) is 0.400. The van der Waals surface area contributed by atoms with Crippen LogP contribution >= 0.6 is 11.3 Å². The molecular formula is C10H10N2O2S. The molecule has 5 heteroatoms. The van der Waals surface area contributed by atoms with Crippen LogP contribution in [-0.2, 0) is 17.6 Å². The van der Waals surface area contributed by atoms with Crippen molar-refractivity contribution < 1.29 is 9.90 Å². The van der Waals surface area contributed by atoms with E-state index in [4.69, 9.17) is 10.4 Å². The lowest BCUT2D eigenvalue weighted by Gasteiger charge is -2.00. The molecule has 0 radical (unpaired) electrons. The maximum atomic E-state index is 11.0. The first-order valence-electron chi connectivity index (χ1n) is 4.71. The van der Waals surface area contributed by atoms with Crippen molar-refractivity contribution in [3.8, 4) is 6.07 Å². The van der Waals surface area contributed by atoms with Crippen molar-refractivity contribution in [2.75, 3.05) is 11.9 Å². The summed E-state index contributed by atoms with van der Waals surface area (Å²) >= 11 is 1.45. The van der Waals surface area contributed by atoms with Gasteiger partial charge in [-0.3, -0.25) is 4.79 Å². The molecule has 0 saturated carbocycles. The number of fused-ring (bicyclic) bond motifs is 1. The second-order valence-corrected chi connectivity index (χ2v) is 4.48. The summed E-state index contributed by atoms with van der Waals surface area (Å²) in [6, 6.07) is 2.12. The van der Waals surface area contributed by atoms with Gasteiger partial charge >= 0.3 is 0 Å². The molecule has 0 bridgehead atoms. The molecule has 0 aliphatic heterocycles. The number of aliphatic hydroxyl groups excluding tert-OH is 1. The quantitative estimate of drug-likeness (QED) is 0.785. The molecule has 78 valence electrons. The van der Waals surface area contributed by atoms with Crippen LogP contribution in [0, 0.1) is 11.3 Å². The highest BCUT2D eigenvalue weighted by molar-refractivity contribution is 7.16. The number of thiophene rings is 1. The van der Waals surface area contributed by atoms with Crippen molar-refractivity contribution in [1.29, 1.82) is 5.26 Å². The number of hydrogen-bond acceptors (Lipinski definition) is 4. The second-order valence-electron chi connectivity index (χ2n) is 3.38. The summed E-state index contributed by atoms with van der Waals surface area (Å²) < 4.78 is 0. The molecule has 0 atom stereocenters. The van der Waals surface area contributed by atoms with Crippen molar-refractivity contribution in [3.63, 3.8) is 0 Å². The Balaban J connectivity index is 2.33. The highest BCUT2D eigenvalue weighted by Crippen LogP contribution is 2.38. The summed E-state index contributed by atoms with van der Waals surface area (Å²) in [4.78, 5) is 12.2. The number of rotatable bonds is 2. The fourth-order valence-corrected chi connectivity index (χ4v) is 3.03. The van der Waals surface area contributed by atoms with Crippen LogP contribution in [0.15, 0.2) is 0 Å². The van der Waals surface area contributed by atoms with Gasteiger partial charge in [0.2, 0.25) is 0 Å². The third-order valence-corrected chi connectivity index (χ3v) is 3.64. The van der Waals surface area contributed by atoms with E-state index in [2.05, 4.69) is 11.4 Å². The SMILES string of the molecule is N#Cc1c(NC(=O)CO)sc2c1CCC2. The summed E-state index contributed by atoms with van der Waals surface area (Å²) in [5.41, 5.74) is 1.66. The normalized spacial score (nSPS) is 13.3. The lowest BCUT2D eigenvalue weighted by Crippen LogP contribution is -2.15. The van der Waals surface area contributed by atoms with Gasteiger partial charge in [0.05, 0.1) is 5.56 Å². The summed E-state index contributed by atoms with van der Waals surface area (Å²) in [6.45, 7) is -0.548. The Morgan fingerprint density at radius 2 is 2.40 bits per heavy atom. The number of carbonyl (C=O) groups excluding carboxylic acids is 1. The van der Waals surface area contributed by atoms with E-state index in [1.807, 2.05) is 0 Å². The number of anilines is 1. The van der Waals surface area contributed by atoms with Crippen LogP contribution in [0.1, 0.15) is 22.4 Å². The second kappa shape index (κ2) is 4.01. The van der Waals surface area contributed by atoms with Crippen LogP contribution in [0.2, 0.25) is 0 Å². The highest BCUT2D eigenvalue weighted by atomic mass is 32.1. The Kier molecular flexibility index (Phi) is 2.71. The number of aliphatic hydroxyl groups is 1. The standard InChI is InChI=1S/C10H10N2O2S/c11-4-7-6-2-1-3-8(6)15-10(7)12-9(14)5-13/h13H,1-3,5H2,(H,12,14). The van der Waals surface area contributed by atoms with Gasteiger partial charge in [0.1, 0.15) is 17.7 Å². The number of amides is 1. The van der Waals surface area contributed by atoms with Gasteiger partial charge in [-0.2, -0.15) is 5.26 Å². The Labute approximate surface area is 91.2 Å². The number of aryl methyl sites for hydroxylation is 1. The van der Waals surface area contributed by atoms with Crippen molar-refractivity contribution in [2.24, 2.45) is 0 Å². The lowest BCUT2D eigenvalue weighted by atomic mass is 10.1. The molecule has 0 fully saturated rings. The maximum Gasteiger partial charge on any atom is 0.250 e. The van der Waals surface area contributed by atoms with E-state index in [9.17, 15) is 4.79 Å². The van der Waals surface area contributed by atoms with Gasteiger partial charge in [-0.05, 0) is 24.8 Å². The molecule has 1 amide bonds. The van der Waals surface area contributed by atoms with E-state index in [1.54, 1.807) is 0 Å². The molecule has 1 aromatic rings. The molecule has 1 heterocycles. The lowest BCUT2D eigenvalue weighted by molar-refractivity contribution is -0.118. The van der Waals surface area contributed by atoms with Crippen LogP contribution in [0.5, 0.6) is 0 Å². The third kappa shape index (κ3) is 1.74. The Hall–Kier alpha value is -1.38. The molecular weight excluding hydrogens is 212 g/mol. The van der Waals surface area contributed by atoms with Gasteiger partial charge in [-0.15, -0.1) is 11.3 Å². The van der Waals surface area contributed by atoms with Crippen molar-refractivity contribution in [2.45, 2.75) is 19.3 Å². The first kappa shape index (κ1) is 10.1. The van der Waals surface area contributed by atoms with Gasteiger partial charge in [-0.1, -0.05) is 0 Å². The zero-order chi connectivity index (χ0) is 10.8. The minimum absolute atomic E-state index is 0.466. The number of carbonyl (C=O) groups is 1. The van der Waals surface area contributed by atoms with E-state index in [-0.39, 0.29) is 0 Å². The highest BCUT2D eigenvalue weighted by Gasteiger charge is 2.22. The van der Waals surface area contributed by atoms with E-state index in [0.717, 1.165) is 24.8 Å². The topological polar surface area (TPSA) is 73.1 Å². The van der Waals surface area contributed by atoms with Crippen LogP contribution < -0.4 is 5.32 Å². The minimum atomic E-state index is -0.548. The number of hydrogen-bond donors (Lipinski definition) is 2. The third-order valence-electron chi connectivity index (χ3n) is 2.43. The zero-order valence-electron chi connectivity index (χ0n) is 8.04. The molecule has 1 aromatic heterocycles. The van der Waals surface area contributed by atoms with Gasteiger partial charge in [0, 0.05) is 4.88 Å². The summed E-state index contributed by atoms with van der Waals surface area (Å²) in [5.74, 6) is -0.466. The van der Waals surface area contributed by atoms with Crippen molar-refractivity contribution >= 4 is 22.2 Å². The zero-order valence-corrected chi connectivity index (χ0v) is 8.86. The monoisotopic (exact) mass is 222 g/mol. The number of nitrogens with one attached hydrogen (secondary N) is 1. The summed E-state index contributed by atoms with van der Waals surface area (Å²) in [7, 11) is 0. The van der Waals surface area contributed by atoms with Crippen LogP contribution in [0.25, 0.3) is 0 Å². The van der Waals surface area contributed by atoms with Crippen molar-refractivity contribution in [3.05, 3.63) is 16.0 Å². The van der Waals surface area contributed by atoms with E-state index in [1.165, 1.54) is 16.2 Å². The molecule has 1 aliphatic rings. The molecule has 0 unspecified atom stereocenters. The van der Waals surface area contributed by atoms with E-state index in [0.29, 0.717) is 10.6 Å². The van der Waals surface area contributed by atoms with E-state index < -0.39 is 12.5 Å². The first-order chi connectivity index (χ1) is 7.26. The largest absolute Gasteiger partial charge is 0.387 e. The predicted octanol–water partition coefficient (Wildman–Crippen LogP) is 1.04. The van der Waals surface area contributed by atoms with Crippen LogP contribution in [0.4, 0.5) is 5.00 Å². The van der Waals surface area contributed by atoms with Gasteiger partial charge in [-0.25, -0.2) is 0 Å². The molecule has 4 nitrogen and oxygen atoms in total.